The van der Waals surface area contributed by atoms with Gasteiger partial charge in [0.05, 0.1) is 11.3 Å². The number of ether oxygens (including phenoxy) is 1. The van der Waals surface area contributed by atoms with Crippen molar-refractivity contribution < 1.29 is 9.53 Å². The van der Waals surface area contributed by atoms with Crippen LogP contribution in [0.4, 0.5) is 0 Å². The van der Waals surface area contributed by atoms with Gasteiger partial charge in [0.1, 0.15) is 17.3 Å². The lowest BCUT2D eigenvalue weighted by atomic mass is 10.1. The van der Waals surface area contributed by atoms with E-state index in [1.54, 1.807) is 18.1 Å². The van der Waals surface area contributed by atoms with Crippen LogP contribution >= 0.6 is 0 Å². The molecule has 0 N–H and O–H groups in total. The largest absolute Gasteiger partial charge is 0.457 e. The maximum Gasteiger partial charge on any atom is 0.257 e. The van der Waals surface area contributed by atoms with Gasteiger partial charge in [-0.15, -0.1) is 0 Å². The third-order valence-electron chi connectivity index (χ3n) is 4.00. The van der Waals surface area contributed by atoms with Crippen LogP contribution in [0.2, 0.25) is 0 Å². The molecule has 0 saturated carbocycles. The predicted octanol–water partition coefficient (Wildman–Crippen LogP) is 4.16. The molecular weight excluding hydrogens is 326 g/mol. The molecule has 132 valence electrons. The molecule has 2 aromatic carbocycles. The number of rotatable bonds is 5. The van der Waals surface area contributed by atoms with E-state index in [1.807, 2.05) is 68.4 Å². The third-order valence-corrected chi connectivity index (χ3v) is 4.00. The van der Waals surface area contributed by atoms with Crippen LogP contribution in [0.5, 0.6) is 11.5 Å². The first-order chi connectivity index (χ1) is 12.5. The Morgan fingerprint density at radius 2 is 1.65 bits per heavy atom. The highest BCUT2D eigenvalue weighted by molar-refractivity contribution is 5.94. The van der Waals surface area contributed by atoms with Crippen molar-refractivity contribution in [1.82, 2.24) is 14.9 Å². The van der Waals surface area contributed by atoms with Crippen molar-refractivity contribution >= 4 is 5.91 Å². The number of hydrogen-bond acceptors (Lipinski definition) is 4. The Balaban J connectivity index is 1.65. The minimum atomic E-state index is -0.0906. The van der Waals surface area contributed by atoms with Gasteiger partial charge in [-0.1, -0.05) is 30.3 Å². The van der Waals surface area contributed by atoms with Crippen molar-refractivity contribution in [2.45, 2.75) is 20.4 Å². The van der Waals surface area contributed by atoms with E-state index in [-0.39, 0.29) is 5.91 Å². The predicted molar refractivity (Wildman–Crippen MR) is 100 cm³/mol. The van der Waals surface area contributed by atoms with Gasteiger partial charge in [-0.3, -0.25) is 4.79 Å². The van der Waals surface area contributed by atoms with E-state index in [0.29, 0.717) is 23.6 Å². The van der Waals surface area contributed by atoms with Crippen LogP contribution in [0.1, 0.15) is 27.4 Å². The molecule has 0 fully saturated rings. The fourth-order valence-corrected chi connectivity index (χ4v) is 2.63. The van der Waals surface area contributed by atoms with Gasteiger partial charge in [0.15, 0.2) is 0 Å². The second-order valence-corrected chi connectivity index (χ2v) is 6.14. The van der Waals surface area contributed by atoms with Crippen molar-refractivity contribution in [2.75, 3.05) is 7.05 Å². The van der Waals surface area contributed by atoms with Gasteiger partial charge in [0.25, 0.3) is 5.91 Å². The fourth-order valence-electron chi connectivity index (χ4n) is 2.63. The molecule has 26 heavy (non-hydrogen) atoms. The van der Waals surface area contributed by atoms with Crippen LogP contribution in [0.15, 0.2) is 60.8 Å². The third kappa shape index (κ3) is 4.25. The number of hydrogen-bond donors (Lipinski definition) is 0. The summed E-state index contributed by atoms with van der Waals surface area (Å²) in [4.78, 5) is 22.7. The average molecular weight is 347 g/mol. The van der Waals surface area contributed by atoms with Crippen LogP contribution < -0.4 is 4.74 Å². The zero-order chi connectivity index (χ0) is 18.5. The summed E-state index contributed by atoms with van der Waals surface area (Å²) in [6, 6.07) is 17.4. The molecule has 0 radical (unpaired) electrons. The van der Waals surface area contributed by atoms with Crippen LogP contribution in [-0.4, -0.2) is 27.8 Å². The van der Waals surface area contributed by atoms with Crippen molar-refractivity contribution in [3.8, 4) is 11.5 Å². The second-order valence-electron chi connectivity index (χ2n) is 6.14. The van der Waals surface area contributed by atoms with E-state index >= 15 is 0 Å². The van der Waals surface area contributed by atoms with Gasteiger partial charge in [-0.05, 0) is 43.7 Å². The quantitative estimate of drug-likeness (QED) is 0.695. The van der Waals surface area contributed by atoms with Crippen LogP contribution in [0, 0.1) is 13.8 Å². The molecule has 1 aromatic heterocycles. The SMILES string of the molecule is Cc1ncc(C(=O)N(C)Cc2ccc(Oc3ccccc3)cc2)c(C)n1. The summed E-state index contributed by atoms with van der Waals surface area (Å²) in [6.07, 6.45) is 1.59. The van der Waals surface area contributed by atoms with Crippen LogP contribution in [0.25, 0.3) is 0 Å². The number of carbonyl (C=O) groups excluding carboxylic acids is 1. The summed E-state index contributed by atoms with van der Waals surface area (Å²) >= 11 is 0. The minimum absolute atomic E-state index is 0.0906. The van der Waals surface area contributed by atoms with E-state index in [2.05, 4.69) is 9.97 Å². The molecule has 5 nitrogen and oxygen atoms in total. The Bertz CT molecular complexity index is 893. The molecule has 3 aromatic rings. The minimum Gasteiger partial charge on any atom is -0.457 e. The molecule has 1 heterocycles. The average Bonchev–Trinajstić information content (AvgIpc) is 2.64. The Morgan fingerprint density at radius 3 is 2.31 bits per heavy atom. The lowest BCUT2D eigenvalue weighted by Gasteiger charge is -2.18. The number of aryl methyl sites for hydroxylation is 2. The molecule has 0 spiro atoms. The lowest BCUT2D eigenvalue weighted by Crippen LogP contribution is -2.27. The molecule has 0 aliphatic rings. The smallest absolute Gasteiger partial charge is 0.257 e. The summed E-state index contributed by atoms with van der Waals surface area (Å²) < 4.78 is 5.78. The summed E-state index contributed by atoms with van der Waals surface area (Å²) in [5.41, 5.74) is 2.25. The molecule has 5 heteroatoms. The van der Waals surface area contributed by atoms with Gasteiger partial charge in [0.2, 0.25) is 0 Å². The highest BCUT2D eigenvalue weighted by Crippen LogP contribution is 2.21. The van der Waals surface area contributed by atoms with Gasteiger partial charge in [-0.25, -0.2) is 9.97 Å². The number of carbonyl (C=O) groups is 1. The van der Waals surface area contributed by atoms with Crippen molar-refractivity contribution in [3.63, 3.8) is 0 Å². The molecule has 0 atom stereocenters. The second kappa shape index (κ2) is 7.78. The number of amides is 1. The summed E-state index contributed by atoms with van der Waals surface area (Å²) in [7, 11) is 1.77. The molecule has 0 unspecified atom stereocenters. The maximum absolute atomic E-state index is 12.6. The van der Waals surface area contributed by atoms with Crippen molar-refractivity contribution in [3.05, 3.63) is 83.4 Å². The number of aromatic nitrogens is 2. The summed E-state index contributed by atoms with van der Waals surface area (Å²) in [6.45, 7) is 4.13. The van der Waals surface area contributed by atoms with Crippen molar-refractivity contribution in [1.29, 1.82) is 0 Å². The number of nitrogens with zero attached hydrogens (tertiary/aromatic N) is 3. The van der Waals surface area contributed by atoms with E-state index < -0.39 is 0 Å². The van der Waals surface area contributed by atoms with Gasteiger partial charge >= 0.3 is 0 Å². The van der Waals surface area contributed by atoms with Gasteiger partial charge < -0.3 is 9.64 Å². The Hall–Kier alpha value is -3.21. The molecule has 0 bridgehead atoms. The Labute approximate surface area is 153 Å². The van der Waals surface area contributed by atoms with Crippen LogP contribution in [0.3, 0.4) is 0 Å². The summed E-state index contributed by atoms with van der Waals surface area (Å²) in [5.74, 6) is 2.13. The van der Waals surface area contributed by atoms with E-state index in [0.717, 1.165) is 17.1 Å². The van der Waals surface area contributed by atoms with Gasteiger partial charge in [0, 0.05) is 19.8 Å². The maximum atomic E-state index is 12.6. The highest BCUT2D eigenvalue weighted by Gasteiger charge is 2.16. The first kappa shape index (κ1) is 17.6. The number of benzene rings is 2. The van der Waals surface area contributed by atoms with E-state index in [4.69, 9.17) is 4.74 Å². The first-order valence-corrected chi connectivity index (χ1v) is 8.40. The molecule has 0 saturated heterocycles. The lowest BCUT2D eigenvalue weighted by molar-refractivity contribution is 0.0783. The molecule has 0 aliphatic heterocycles. The van der Waals surface area contributed by atoms with E-state index in [9.17, 15) is 4.79 Å². The standard InChI is InChI=1S/C21H21N3O2/c1-15-20(13-22-16(2)23-15)21(25)24(3)14-17-9-11-19(12-10-17)26-18-7-5-4-6-8-18/h4-13H,14H2,1-3H3. The molecular formula is C21H21N3O2. The zero-order valence-electron chi connectivity index (χ0n) is 15.1. The normalized spacial score (nSPS) is 10.4. The summed E-state index contributed by atoms with van der Waals surface area (Å²) in [5, 5.41) is 0. The zero-order valence-corrected chi connectivity index (χ0v) is 15.1. The Morgan fingerprint density at radius 1 is 1.00 bits per heavy atom. The number of para-hydroxylation sites is 1. The molecule has 1 amide bonds. The van der Waals surface area contributed by atoms with E-state index in [1.165, 1.54) is 0 Å². The molecule has 3 rings (SSSR count). The van der Waals surface area contributed by atoms with Crippen LogP contribution in [-0.2, 0) is 6.54 Å². The van der Waals surface area contributed by atoms with Gasteiger partial charge in [-0.2, -0.15) is 0 Å². The highest BCUT2D eigenvalue weighted by atomic mass is 16.5. The fraction of sp³-hybridized carbons (Fsp3) is 0.190. The Kier molecular flexibility index (Phi) is 5.27. The first-order valence-electron chi connectivity index (χ1n) is 8.40. The van der Waals surface area contributed by atoms with Crippen molar-refractivity contribution in [2.24, 2.45) is 0 Å². The monoisotopic (exact) mass is 347 g/mol. The topological polar surface area (TPSA) is 55.3 Å². The molecule has 0 aliphatic carbocycles.